The maximum Gasteiger partial charge on any atom is 0.202 e. The van der Waals surface area contributed by atoms with Crippen LogP contribution in [0.2, 0.25) is 0 Å². The molecular weight excluding hydrogens is 520 g/mol. The van der Waals surface area contributed by atoms with Crippen molar-refractivity contribution in [3.63, 3.8) is 0 Å². The quantitative estimate of drug-likeness (QED) is 0.173. The minimum absolute atomic E-state index is 0.000914. The first kappa shape index (κ1) is 25.0. The summed E-state index contributed by atoms with van der Waals surface area (Å²) >= 11 is 0. The summed E-state index contributed by atoms with van der Waals surface area (Å²) in [6, 6.07) is 16.9. The molecule has 0 spiro atoms. The van der Waals surface area contributed by atoms with Crippen LogP contribution in [0.3, 0.4) is 0 Å². The molecule has 1 aliphatic heterocycles. The summed E-state index contributed by atoms with van der Waals surface area (Å²) in [4.78, 5) is 12.7. The molecule has 10 heteroatoms. The number of benzene rings is 4. The lowest BCUT2D eigenvalue weighted by Gasteiger charge is -2.32. The van der Waals surface area contributed by atoms with Gasteiger partial charge >= 0.3 is 0 Å². The summed E-state index contributed by atoms with van der Waals surface area (Å²) in [6.45, 7) is 0. The van der Waals surface area contributed by atoms with E-state index in [2.05, 4.69) is 0 Å². The summed E-state index contributed by atoms with van der Waals surface area (Å²) < 4.78 is 17.5. The fourth-order valence-corrected chi connectivity index (χ4v) is 4.73. The van der Waals surface area contributed by atoms with E-state index in [1.165, 1.54) is 42.5 Å². The van der Waals surface area contributed by atoms with Crippen molar-refractivity contribution in [1.29, 1.82) is 0 Å². The normalized spacial score (nSPS) is 16.3. The Morgan fingerprint density at radius 2 is 1.48 bits per heavy atom. The number of ether oxygens (including phenoxy) is 2. The first-order chi connectivity index (χ1) is 19.2. The molecule has 5 aromatic rings. The highest BCUT2D eigenvalue weighted by Crippen LogP contribution is 2.51. The van der Waals surface area contributed by atoms with Crippen molar-refractivity contribution in [1.82, 2.24) is 0 Å². The molecule has 0 saturated carbocycles. The SMILES string of the molecule is O=c1cc(-c2ccc(O)cc2)oc2cc(Oc3cc(O)c4c(c3O)OC(c3ccc(O)cc3)C(O)C4)cc(O)c12. The third-order valence-electron chi connectivity index (χ3n) is 6.69. The van der Waals surface area contributed by atoms with Crippen molar-refractivity contribution < 1.29 is 44.5 Å². The molecule has 0 aliphatic carbocycles. The Bertz CT molecular complexity index is 1810. The largest absolute Gasteiger partial charge is 0.508 e. The summed E-state index contributed by atoms with van der Waals surface area (Å²) in [6.07, 6.45) is -1.97. The van der Waals surface area contributed by atoms with Gasteiger partial charge in [0.05, 0.1) is 6.10 Å². The molecular formula is C30H22O10. The van der Waals surface area contributed by atoms with E-state index in [1.54, 1.807) is 24.3 Å². The second kappa shape index (κ2) is 9.44. The number of hydrogen-bond donors (Lipinski definition) is 6. The Labute approximate surface area is 225 Å². The Morgan fingerprint density at radius 1 is 0.800 bits per heavy atom. The molecule has 1 aliphatic rings. The predicted octanol–water partition coefficient (Wildman–Crippen LogP) is 4.82. The van der Waals surface area contributed by atoms with Gasteiger partial charge in [-0.2, -0.15) is 0 Å². The van der Waals surface area contributed by atoms with E-state index in [4.69, 9.17) is 13.9 Å². The van der Waals surface area contributed by atoms with E-state index in [-0.39, 0.29) is 63.2 Å². The highest BCUT2D eigenvalue weighted by molar-refractivity contribution is 5.86. The molecule has 2 unspecified atom stereocenters. The van der Waals surface area contributed by atoms with Gasteiger partial charge in [-0.05, 0) is 42.0 Å². The molecule has 40 heavy (non-hydrogen) atoms. The molecule has 0 amide bonds. The molecule has 0 bridgehead atoms. The Balaban J connectivity index is 1.38. The first-order valence-corrected chi connectivity index (χ1v) is 12.2. The molecule has 202 valence electrons. The third-order valence-corrected chi connectivity index (χ3v) is 6.69. The number of aliphatic hydroxyl groups is 1. The average Bonchev–Trinajstić information content (AvgIpc) is 2.92. The second-order valence-corrected chi connectivity index (χ2v) is 9.39. The van der Waals surface area contributed by atoms with Crippen molar-refractivity contribution in [2.24, 2.45) is 0 Å². The van der Waals surface area contributed by atoms with Crippen LogP contribution >= 0.6 is 0 Å². The molecule has 0 saturated heterocycles. The average molecular weight is 542 g/mol. The van der Waals surface area contributed by atoms with Crippen molar-refractivity contribution in [2.75, 3.05) is 0 Å². The molecule has 6 N–H and O–H groups in total. The van der Waals surface area contributed by atoms with Gasteiger partial charge in [0.15, 0.2) is 23.0 Å². The van der Waals surface area contributed by atoms with Gasteiger partial charge in [0.2, 0.25) is 5.75 Å². The van der Waals surface area contributed by atoms with Gasteiger partial charge < -0.3 is 44.5 Å². The molecule has 4 aromatic carbocycles. The Kier molecular flexibility index (Phi) is 5.89. The lowest BCUT2D eigenvalue weighted by Crippen LogP contribution is -2.30. The lowest BCUT2D eigenvalue weighted by atomic mass is 9.93. The minimum atomic E-state index is -1.04. The van der Waals surface area contributed by atoms with Crippen molar-refractivity contribution in [3.8, 4) is 57.3 Å². The third kappa shape index (κ3) is 4.36. The zero-order chi connectivity index (χ0) is 28.1. The van der Waals surface area contributed by atoms with Gasteiger partial charge in [-0.15, -0.1) is 0 Å². The molecule has 0 fully saturated rings. The summed E-state index contributed by atoms with van der Waals surface area (Å²) in [5, 5.41) is 61.9. The zero-order valence-electron chi connectivity index (χ0n) is 20.6. The monoisotopic (exact) mass is 542 g/mol. The molecule has 6 rings (SSSR count). The summed E-state index contributed by atoms with van der Waals surface area (Å²) in [7, 11) is 0. The Morgan fingerprint density at radius 3 is 2.17 bits per heavy atom. The number of hydrogen-bond acceptors (Lipinski definition) is 10. The molecule has 2 heterocycles. The number of aliphatic hydroxyl groups excluding tert-OH is 1. The van der Waals surface area contributed by atoms with E-state index in [9.17, 15) is 35.4 Å². The molecule has 0 radical (unpaired) electrons. The maximum absolute atomic E-state index is 12.7. The zero-order valence-corrected chi connectivity index (χ0v) is 20.6. The number of phenolic OH excluding ortho intramolecular Hbond substituents is 5. The van der Waals surface area contributed by atoms with Crippen LogP contribution in [-0.2, 0) is 6.42 Å². The number of phenols is 5. The summed E-state index contributed by atoms with van der Waals surface area (Å²) in [5.74, 6) is -1.23. The van der Waals surface area contributed by atoms with E-state index in [0.29, 0.717) is 11.1 Å². The molecule has 1 aromatic heterocycles. The molecule has 2 atom stereocenters. The van der Waals surface area contributed by atoms with Gasteiger partial charge in [-0.1, -0.05) is 12.1 Å². The standard InChI is InChI=1S/C30H22O10/c31-16-5-1-14(2-6-16)24-13-22(35)27-21(34)9-18(10-25(27)39-24)38-26-12-20(33)19-11-23(36)29(40-30(19)28(26)37)15-3-7-17(32)8-4-15/h1-10,12-13,23,29,31-34,36-37H,11H2. The van der Waals surface area contributed by atoms with Crippen LogP contribution in [0.15, 0.2) is 82.0 Å². The number of aromatic hydroxyl groups is 5. The van der Waals surface area contributed by atoms with Gasteiger partial charge in [0, 0.05) is 41.8 Å². The van der Waals surface area contributed by atoms with Crippen LogP contribution in [0.1, 0.15) is 17.2 Å². The number of fused-ring (bicyclic) bond motifs is 2. The lowest BCUT2D eigenvalue weighted by molar-refractivity contribution is 0.0179. The maximum atomic E-state index is 12.7. The van der Waals surface area contributed by atoms with Gasteiger partial charge in [-0.25, -0.2) is 0 Å². The highest BCUT2D eigenvalue weighted by atomic mass is 16.5. The van der Waals surface area contributed by atoms with E-state index in [1.807, 2.05) is 0 Å². The van der Waals surface area contributed by atoms with Crippen LogP contribution in [-0.4, -0.2) is 36.7 Å². The number of rotatable bonds is 4. The topological polar surface area (TPSA) is 170 Å². The summed E-state index contributed by atoms with van der Waals surface area (Å²) in [5.41, 5.74) is 0.731. The van der Waals surface area contributed by atoms with Gasteiger partial charge in [0.25, 0.3) is 0 Å². The van der Waals surface area contributed by atoms with Crippen molar-refractivity contribution in [3.05, 3.63) is 94.1 Å². The van der Waals surface area contributed by atoms with E-state index < -0.39 is 29.1 Å². The van der Waals surface area contributed by atoms with Crippen LogP contribution in [0, 0.1) is 0 Å². The van der Waals surface area contributed by atoms with Crippen LogP contribution in [0.25, 0.3) is 22.3 Å². The predicted molar refractivity (Wildman–Crippen MR) is 142 cm³/mol. The van der Waals surface area contributed by atoms with Crippen molar-refractivity contribution >= 4 is 11.0 Å². The van der Waals surface area contributed by atoms with E-state index >= 15 is 0 Å². The highest BCUT2D eigenvalue weighted by Gasteiger charge is 2.35. The van der Waals surface area contributed by atoms with Gasteiger partial charge in [0.1, 0.15) is 45.5 Å². The van der Waals surface area contributed by atoms with Gasteiger partial charge in [-0.3, -0.25) is 4.79 Å². The van der Waals surface area contributed by atoms with Crippen LogP contribution < -0.4 is 14.9 Å². The first-order valence-electron chi connectivity index (χ1n) is 12.2. The molecule has 10 nitrogen and oxygen atoms in total. The van der Waals surface area contributed by atoms with Crippen LogP contribution in [0.5, 0.6) is 46.0 Å². The Hall–Kier alpha value is -5.35. The minimum Gasteiger partial charge on any atom is -0.508 e. The fraction of sp³-hybridized carbons (Fsp3) is 0.100. The van der Waals surface area contributed by atoms with Crippen molar-refractivity contribution in [2.45, 2.75) is 18.6 Å². The fourth-order valence-electron chi connectivity index (χ4n) is 4.73. The van der Waals surface area contributed by atoms with Crippen LogP contribution in [0.4, 0.5) is 0 Å². The van der Waals surface area contributed by atoms with E-state index in [0.717, 1.165) is 6.07 Å². The second-order valence-electron chi connectivity index (χ2n) is 9.39. The smallest absolute Gasteiger partial charge is 0.202 e.